The van der Waals surface area contributed by atoms with Gasteiger partial charge in [-0.15, -0.1) is 0 Å². The number of para-hydroxylation sites is 1. The van der Waals surface area contributed by atoms with E-state index in [0.717, 1.165) is 18.5 Å². The average Bonchev–Trinajstić information content (AvgIpc) is 2.79. The topological polar surface area (TPSA) is 84.2 Å². The molecule has 1 heterocycles. The highest BCUT2D eigenvalue weighted by molar-refractivity contribution is 5.71. The number of benzene rings is 2. The maximum atomic E-state index is 12.4. The van der Waals surface area contributed by atoms with Gasteiger partial charge in [-0.25, -0.2) is 9.48 Å². The number of unbranched alkanes of at least 4 members (excludes halogenated alkanes) is 1. The van der Waals surface area contributed by atoms with E-state index in [4.69, 9.17) is 18.9 Å². The van der Waals surface area contributed by atoms with Crippen molar-refractivity contribution in [3.8, 4) is 28.8 Å². The molecule has 0 N–H and O–H groups in total. The standard InChI is InChI=1S/C23H25N3O5/c1-4-5-11-30-22-12-17(16-24-26(22)18-9-7-6-8-10-18)25-23(27)31-21-14-19(28-2)13-20(15-21)29-3/h6-10,12-16H,4-5,11H2,1-3H3. The smallest absolute Gasteiger partial charge is 0.439 e. The van der Waals surface area contributed by atoms with Gasteiger partial charge in [-0.05, 0) is 18.6 Å². The Hall–Kier alpha value is -3.81. The third-order valence-electron chi connectivity index (χ3n) is 4.28. The van der Waals surface area contributed by atoms with Gasteiger partial charge < -0.3 is 18.9 Å². The molecule has 0 radical (unpaired) electrons. The van der Waals surface area contributed by atoms with E-state index in [9.17, 15) is 4.79 Å². The van der Waals surface area contributed by atoms with Crippen molar-refractivity contribution in [3.63, 3.8) is 0 Å². The summed E-state index contributed by atoms with van der Waals surface area (Å²) in [6.45, 7) is 2.62. The van der Waals surface area contributed by atoms with Gasteiger partial charge in [-0.2, -0.15) is 10.1 Å². The van der Waals surface area contributed by atoms with E-state index in [2.05, 4.69) is 17.0 Å². The van der Waals surface area contributed by atoms with E-state index in [1.807, 2.05) is 30.3 Å². The molecule has 3 rings (SSSR count). The molecule has 0 aliphatic rings. The number of aromatic nitrogens is 2. The summed E-state index contributed by atoms with van der Waals surface area (Å²) >= 11 is 0. The van der Waals surface area contributed by atoms with Gasteiger partial charge in [0.1, 0.15) is 17.2 Å². The van der Waals surface area contributed by atoms with E-state index in [1.54, 1.807) is 28.9 Å². The van der Waals surface area contributed by atoms with Crippen LogP contribution in [-0.4, -0.2) is 36.7 Å². The SMILES string of the molecule is CCCCOc1cc(=NC(=O)Oc2cc(OC)cc(OC)c2)cnn1-c1ccccc1. The van der Waals surface area contributed by atoms with Gasteiger partial charge >= 0.3 is 6.09 Å². The second-order valence-electron chi connectivity index (χ2n) is 6.53. The molecule has 3 aromatic rings. The number of hydrogen-bond donors (Lipinski definition) is 0. The molecule has 0 fully saturated rings. The highest BCUT2D eigenvalue weighted by Gasteiger charge is 2.09. The minimum atomic E-state index is -0.797. The summed E-state index contributed by atoms with van der Waals surface area (Å²) in [7, 11) is 3.03. The van der Waals surface area contributed by atoms with Crippen molar-refractivity contribution in [1.29, 1.82) is 0 Å². The molecule has 8 nitrogen and oxygen atoms in total. The molecule has 0 saturated heterocycles. The molecule has 162 valence electrons. The Morgan fingerprint density at radius 1 is 1.00 bits per heavy atom. The van der Waals surface area contributed by atoms with E-state index in [0.29, 0.717) is 29.3 Å². The predicted molar refractivity (Wildman–Crippen MR) is 115 cm³/mol. The molecule has 0 bridgehead atoms. The lowest BCUT2D eigenvalue weighted by Crippen LogP contribution is -2.16. The Kier molecular flexibility index (Phi) is 7.64. The third kappa shape index (κ3) is 6.08. The molecule has 2 aromatic carbocycles. The van der Waals surface area contributed by atoms with Crippen LogP contribution in [0.25, 0.3) is 5.69 Å². The van der Waals surface area contributed by atoms with Crippen LogP contribution in [0.15, 0.2) is 65.8 Å². The van der Waals surface area contributed by atoms with E-state index < -0.39 is 6.09 Å². The minimum absolute atomic E-state index is 0.257. The molecule has 0 saturated carbocycles. The fourth-order valence-electron chi connectivity index (χ4n) is 2.72. The first-order chi connectivity index (χ1) is 15.1. The van der Waals surface area contributed by atoms with Gasteiger partial charge in [0, 0.05) is 24.3 Å². The zero-order valence-electron chi connectivity index (χ0n) is 17.8. The molecule has 1 aromatic heterocycles. The van der Waals surface area contributed by atoms with Crippen molar-refractivity contribution < 1.29 is 23.7 Å². The first-order valence-corrected chi connectivity index (χ1v) is 9.90. The molecule has 31 heavy (non-hydrogen) atoms. The van der Waals surface area contributed by atoms with E-state index >= 15 is 0 Å². The lowest BCUT2D eigenvalue weighted by Gasteiger charge is -2.13. The number of rotatable bonds is 8. The Bertz CT molecular complexity index is 1060. The fraction of sp³-hybridized carbons (Fsp3) is 0.261. The van der Waals surface area contributed by atoms with Gasteiger partial charge in [-0.3, -0.25) is 0 Å². The summed E-state index contributed by atoms with van der Waals surface area (Å²) in [5.74, 6) is 1.74. The van der Waals surface area contributed by atoms with Crippen LogP contribution in [-0.2, 0) is 0 Å². The van der Waals surface area contributed by atoms with Crippen molar-refractivity contribution in [1.82, 2.24) is 9.78 Å². The number of carbonyl (C=O) groups is 1. The maximum Gasteiger partial charge on any atom is 0.439 e. The molecule has 0 unspecified atom stereocenters. The van der Waals surface area contributed by atoms with Crippen LogP contribution < -0.4 is 24.3 Å². The number of carbonyl (C=O) groups excluding carboxylic acids is 1. The Labute approximate surface area is 180 Å². The highest BCUT2D eigenvalue weighted by Crippen LogP contribution is 2.27. The Balaban J connectivity index is 1.87. The lowest BCUT2D eigenvalue weighted by atomic mass is 10.3. The monoisotopic (exact) mass is 423 g/mol. The van der Waals surface area contributed by atoms with Gasteiger partial charge in [0.05, 0.1) is 38.1 Å². The van der Waals surface area contributed by atoms with Crippen LogP contribution in [0.4, 0.5) is 4.79 Å². The molecule has 8 heteroatoms. The summed E-state index contributed by atoms with van der Waals surface area (Å²) in [6.07, 6.45) is 2.58. The lowest BCUT2D eigenvalue weighted by molar-refractivity contribution is 0.210. The summed E-state index contributed by atoms with van der Waals surface area (Å²) in [5, 5.41) is 4.71. The number of hydrogen-bond acceptors (Lipinski definition) is 6. The molecule has 0 aliphatic heterocycles. The highest BCUT2D eigenvalue weighted by atomic mass is 16.6. The molecule has 1 amide bonds. The van der Waals surface area contributed by atoms with Crippen LogP contribution in [0.5, 0.6) is 23.1 Å². The number of ether oxygens (including phenoxy) is 4. The summed E-state index contributed by atoms with van der Waals surface area (Å²) in [4.78, 5) is 16.4. The zero-order valence-corrected chi connectivity index (χ0v) is 17.8. The van der Waals surface area contributed by atoms with Crippen LogP contribution in [0.3, 0.4) is 0 Å². The fourth-order valence-corrected chi connectivity index (χ4v) is 2.72. The number of nitrogens with zero attached hydrogens (tertiary/aromatic N) is 3. The Morgan fingerprint density at radius 2 is 1.68 bits per heavy atom. The van der Waals surface area contributed by atoms with E-state index in [1.165, 1.54) is 20.4 Å². The second-order valence-corrected chi connectivity index (χ2v) is 6.53. The van der Waals surface area contributed by atoms with Crippen LogP contribution in [0.1, 0.15) is 19.8 Å². The van der Waals surface area contributed by atoms with Crippen LogP contribution >= 0.6 is 0 Å². The third-order valence-corrected chi connectivity index (χ3v) is 4.28. The van der Waals surface area contributed by atoms with Crippen molar-refractivity contribution in [3.05, 3.63) is 66.2 Å². The maximum absolute atomic E-state index is 12.4. The van der Waals surface area contributed by atoms with Crippen molar-refractivity contribution >= 4 is 6.09 Å². The molecular formula is C23H25N3O5. The molecular weight excluding hydrogens is 398 g/mol. The van der Waals surface area contributed by atoms with E-state index in [-0.39, 0.29) is 5.75 Å². The molecule has 0 atom stereocenters. The van der Waals surface area contributed by atoms with Crippen LogP contribution in [0, 0.1) is 0 Å². The summed E-state index contributed by atoms with van der Waals surface area (Å²) < 4.78 is 23.2. The average molecular weight is 423 g/mol. The molecule has 0 spiro atoms. The van der Waals surface area contributed by atoms with Crippen molar-refractivity contribution in [2.24, 2.45) is 4.99 Å². The summed E-state index contributed by atoms with van der Waals surface area (Å²) in [6, 6.07) is 16.1. The zero-order chi connectivity index (χ0) is 22.1. The minimum Gasteiger partial charge on any atom is -0.496 e. The second kappa shape index (κ2) is 10.8. The van der Waals surface area contributed by atoms with Gasteiger partial charge in [-0.1, -0.05) is 31.5 Å². The quantitative estimate of drug-likeness (QED) is 0.506. The first kappa shape index (κ1) is 21.9. The number of methoxy groups -OCH3 is 2. The van der Waals surface area contributed by atoms with Crippen LogP contribution in [0.2, 0.25) is 0 Å². The Morgan fingerprint density at radius 3 is 2.32 bits per heavy atom. The van der Waals surface area contributed by atoms with Crippen molar-refractivity contribution in [2.75, 3.05) is 20.8 Å². The molecule has 0 aliphatic carbocycles. The van der Waals surface area contributed by atoms with Gasteiger partial charge in [0.25, 0.3) is 0 Å². The first-order valence-electron chi connectivity index (χ1n) is 9.90. The number of amides is 1. The van der Waals surface area contributed by atoms with Crippen molar-refractivity contribution in [2.45, 2.75) is 19.8 Å². The predicted octanol–water partition coefficient (Wildman–Crippen LogP) is 4.17. The largest absolute Gasteiger partial charge is 0.496 e. The summed E-state index contributed by atoms with van der Waals surface area (Å²) in [5.41, 5.74) is 0.839. The normalized spacial score (nSPS) is 11.1. The van der Waals surface area contributed by atoms with Gasteiger partial charge in [0.15, 0.2) is 0 Å². The van der Waals surface area contributed by atoms with Gasteiger partial charge in [0.2, 0.25) is 5.88 Å².